The number of nitrogens with zero attached hydrogens (tertiary/aromatic N) is 3. The number of ether oxygens (including phenoxy) is 1. The highest BCUT2D eigenvalue weighted by atomic mass is 32.2. The lowest BCUT2D eigenvalue weighted by Crippen LogP contribution is -2.20. The molecule has 0 aliphatic heterocycles. The minimum Gasteiger partial charge on any atom is -0.482 e. The summed E-state index contributed by atoms with van der Waals surface area (Å²) in [5, 5.41) is 11.4. The summed E-state index contributed by atoms with van der Waals surface area (Å²) in [6.45, 7) is 4.36. The monoisotopic (exact) mass is 450 g/mol. The van der Waals surface area contributed by atoms with Crippen molar-refractivity contribution in [1.29, 1.82) is 0 Å². The summed E-state index contributed by atoms with van der Waals surface area (Å²) in [4.78, 5) is 12.4. The van der Waals surface area contributed by atoms with Crippen molar-refractivity contribution < 1.29 is 22.7 Å². The summed E-state index contributed by atoms with van der Waals surface area (Å²) in [5.41, 5.74) is 3.22. The average Bonchev–Trinajstić information content (AvgIpc) is 3.07. The van der Waals surface area contributed by atoms with Gasteiger partial charge in [-0.15, -0.1) is 10.2 Å². The molecule has 0 radical (unpaired) electrons. The number of hydrogen-bond donors (Lipinski definition) is 1. The Bertz CT molecular complexity index is 1080. The number of aryl methyl sites for hydroxylation is 3. The van der Waals surface area contributed by atoms with Crippen LogP contribution in [0.5, 0.6) is 5.75 Å². The summed E-state index contributed by atoms with van der Waals surface area (Å²) < 4.78 is 44.0. The van der Waals surface area contributed by atoms with Crippen LogP contribution in [0.15, 0.2) is 47.6 Å². The van der Waals surface area contributed by atoms with Gasteiger partial charge in [0.1, 0.15) is 11.6 Å². The zero-order chi connectivity index (χ0) is 22.6. The van der Waals surface area contributed by atoms with E-state index in [-0.39, 0.29) is 17.2 Å². The highest BCUT2D eigenvalue weighted by molar-refractivity contribution is 7.99. The molecule has 1 heterocycles. The molecule has 1 amide bonds. The van der Waals surface area contributed by atoms with Crippen molar-refractivity contribution in [2.75, 3.05) is 17.7 Å². The molecule has 0 aliphatic carbocycles. The van der Waals surface area contributed by atoms with Crippen molar-refractivity contribution in [2.45, 2.75) is 32.1 Å². The van der Waals surface area contributed by atoms with E-state index < -0.39 is 18.7 Å². The smallest absolute Gasteiger partial charge is 0.422 e. The minimum atomic E-state index is -4.47. The molecule has 3 aromatic rings. The van der Waals surface area contributed by atoms with E-state index in [1.807, 2.05) is 43.5 Å². The average molecular weight is 450 g/mol. The first-order chi connectivity index (χ1) is 14.6. The maximum Gasteiger partial charge on any atom is 0.422 e. The third-order valence-corrected chi connectivity index (χ3v) is 5.21. The third-order valence-electron chi connectivity index (χ3n) is 4.29. The second kappa shape index (κ2) is 9.42. The van der Waals surface area contributed by atoms with Crippen LogP contribution in [0.2, 0.25) is 0 Å². The van der Waals surface area contributed by atoms with Crippen LogP contribution >= 0.6 is 11.8 Å². The zero-order valence-corrected chi connectivity index (χ0v) is 18.0. The molecule has 0 saturated heterocycles. The number of alkyl halides is 3. The highest BCUT2D eigenvalue weighted by Gasteiger charge is 2.29. The van der Waals surface area contributed by atoms with Gasteiger partial charge in [-0.05, 0) is 50.1 Å². The first-order valence-corrected chi connectivity index (χ1v) is 10.3. The second-order valence-corrected chi connectivity index (χ2v) is 7.83. The SMILES string of the molecule is Cc1ccc(C)c(-n2c(C)nnc2SCC(=O)Nc2ccccc2OCC(F)(F)F)c1. The van der Waals surface area contributed by atoms with E-state index in [2.05, 4.69) is 15.5 Å². The van der Waals surface area contributed by atoms with Gasteiger partial charge >= 0.3 is 6.18 Å². The van der Waals surface area contributed by atoms with E-state index in [4.69, 9.17) is 4.74 Å². The summed E-state index contributed by atoms with van der Waals surface area (Å²) in [6.07, 6.45) is -4.47. The Morgan fingerprint density at radius 1 is 1.13 bits per heavy atom. The molecule has 2 aromatic carbocycles. The van der Waals surface area contributed by atoms with Gasteiger partial charge in [-0.2, -0.15) is 13.2 Å². The van der Waals surface area contributed by atoms with Gasteiger partial charge in [0.15, 0.2) is 11.8 Å². The van der Waals surface area contributed by atoms with Gasteiger partial charge < -0.3 is 10.1 Å². The number of para-hydroxylation sites is 2. The number of carbonyl (C=O) groups is 1. The fourth-order valence-electron chi connectivity index (χ4n) is 2.85. The highest BCUT2D eigenvalue weighted by Crippen LogP contribution is 2.28. The van der Waals surface area contributed by atoms with Gasteiger partial charge in [0, 0.05) is 0 Å². The van der Waals surface area contributed by atoms with Crippen LogP contribution in [-0.2, 0) is 4.79 Å². The van der Waals surface area contributed by atoms with Crippen LogP contribution in [0.3, 0.4) is 0 Å². The predicted molar refractivity (Wildman–Crippen MR) is 113 cm³/mol. The summed E-state index contributed by atoms with van der Waals surface area (Å²) >= 11 is 1.18. The lowest BCUT2D eigenvalue weighted by Gasteiger charge is -2.14. The van der Waals surface area contributed by atoms with E-state index in [1.165, 1.54) is 30.0 Å². The predicted octanol–water partition coefficient (Wildman–Crippen LogP) is 4.86. The van der Waals surface area contributed by atoms with E-state index in [0.717, 1.165) is 16.8 Å². The van der Waals surface area contributed by atoms with Crippen LogP contribution in [0.25, 0.3) is 5.69 Å². The Hall–Kier alpha value is -3.01. The topological polar surface area (TPSA) is 69.0 Å². The second-order valence-electron chi connectivity index (χ2n) is 6.89. The molecule has 0 aliphatic rings. The van der Waals surface area contributed by atoms with Gasteiger partial charge in [0.25, 0.3) is 0 Å². The normalized spacial score (nSPS) is 11.4. The number of rotatable bonds is 7. The fraction of sp³-hybridized carbons (Fsp3) is 0.286. The maximum atomic E-state index is 12.4. The molecule has 1 aromatic heterocycles. The molecule has 164 valence electrons. The van der Waals surface area contributed by atoms with Crippen molar-refractivity contribution in [2.24, 2.45) is 0 Å². The maximum absolute atomic E-state index is 12.4. The molecule has 10 heteroatoms. The van der Waals surface area contributed by atoms with Crippen LogP contribution in [-0.4, -0.2) is 39.2 Å². The Labute approximate surface area is 181 Å². The lowest BCUT2D eigenvalue weighted by atomic mass is 10.1. The van der Waals surface area contributed by atoms with Gasteiger partial charge in [0.2, 0.25) is 5.91 Å². The number of thioether (sulfide) groups is 1. The Morgan fingerprint density at radius 2 is 1.87 bits per heavy atom. The van der Waals surface area contributed by atoms with E-state index in [1.54, 1.807) is 6.07 Å². The number of amides is 1. The fourth-order valence-corrected chi connectivity index (χ4v) is 3.64. The standard InChI is InChI=1S/C21H21F3N4O2S/c1-13-8-9-14(2)17(10-13)28-15(3)26-27-20(28)31-11-19(29)25-16-6-4-5-7-18(16)30-12-21(22,23)24/h4-10H,11-12H2,1-3H3,(H,25,29). The molecule has 1 N–H and O–H groups in total. The van der Waals surface area contributed by atoms with Crippen LogP contribution in [0, 0.1) is 20.8 Å². The molecule has 6 nitrogen and oxygen atoms in total. The molecule has 31 heavy (non-hydrogen) atoms. The Kier molecular flexibility index (Phi) is 6.89. The van der Waals surface area contributed by atoms with E-state index in [0.29, 0.717) is 11.0 Å². The molecule has 0 unspecified atom stereocenters. The molecular weight excluding hydrogens is 429 g/mol. The zero-order valence-electron chi connectivity index (χ0n) is 17.2. The first kappa shape index (κ1) is 22.7. The number of hydrogen-bond acceptors (Lipinski definition) is 5. The van der Waals surface area contributed by atoms with E-state index in [9.17, 15) is 18.0 Å². The molecule has 3 rings (SSSR count). The first-order valence-electron chi connectivity index (χ1n) is 9.35. The summed E-state index contributed by atoms with van der Waals surface area (Å²) in [5.74, 6) is 0.229. The molecule has 0 fully saturated rings. The summed E-state index contributed by atoms with van der Waals surface area (Å²) in [7, 11) is 0. The van der Waals surface area contributed by atoms with Crippen LogP contribution in [0.1, 0.15) is 17.0 Å². The van der Waals surface area contributed by atoms with Crippen molar-refractivity contribution in [1.82, 2.24) is 14.8 Å². The quantitative estimate of drug-likeness (QED) is 0.521. The Morgan fingerprint density at radius 3 is 2.61 bits per heavy atom. The van der Waals surface area contributed by atoms with E-state index >= 15 is 0 Å². The van der Waals surface area contributed by atoms with Gasteiger partial charge in [-0.25, -0.2) is 0 Å². The number of anilines is 1. The van der Waals surface area contributed by atoms with Crippen LogP contribution in [0.4, 0.5) is 18.9 Å². The largest absolute Gasteiger partial charge is 0.482 e. The molecule has 0 spiro atoms. The molecule has 0 atom stereocenters. The molecular formula is C21H21F3N4O2S. The number of benzene rings is 2. The number of nitrogens with one attached hydrogen (secondary N) is 1. The van der Waals surface area contributed by atoms with Crippen molar-refractivity contribution in [3.63, 3.8) is 0 Å². The van der Waals surface area contributed by atoms with Gasteiger partial charge in [0.05, 0.1) is 17.1 Å². The van der Waals surface area contributed by atoms with Crippen molar-refractivity contribution >= 4 is 23.4 Å². The lowest BCUT2D eigenvalue weighted by molar-refractivity contribution is -0.153. The minimum absolute atomic E-state index is 0.00337. The van der Waals surface area contributed by atoms with Crippen molar-refractivity contribution in [3.05, 3.63) is 59.4 Å². The summed E-state index contributed by atoms with van der Waals surface area (Å²) in [6, 6.07) is 12.0. The van der Waals surface area contributed by atoms with Crippen LogP contribution < -0.4 is 10.1 Å². The Balaban J connectivity index is 1.70. The third kappa shape index (κ3) is 6.00. The van der Waals surface area contributed by atoms with Gasteiger partial charge in [-0.3, -0.25) is 9.36 Å². The number of carbonyl (C=O) groups excluding carboxylic acids is 1. The number of aromatic nitrogens is 3. The molecule has 0 bridgehead atoms. The molecule has 0 saturated carbocycles. The number of halogens is 3. The van der Waals surface area contributed by atoms with Gasteiger partial charge in [-0.1, -0.05) is 36.0 Å². The van der Waals surface area contributed by atoms with Crippen molar-refractivity contribution in [3.8, 4) is 11.4 Å².